The Morgan fingerprint density at radius 1 is 1.20 bits per heavy atom. The monoisotopic (exact) mass is 400 g/mol. The van der Waals surface area contributed by atoms with Gasteiger partial charge in [-0.2, -0.15) is 4.52 Å². The first-order valence-corrected chi connectivity index (χ1v) is 8.97. The molecule has 8 heteroatoms. The van der Waals surface area contributed by atoms with E-state index in [4.69, 9.17) is 0 Å². The largest absolute Gasteiger partial charge is 0.354 e. The third kappa shape index (κ3) is 3.48. The van der Waals surface area contributed by atoms with Crippen molar-refractivity contribution >= 4 is 39.0 Å². The number of aromatic nitrogens is 4. The van der Waals surface area contributed by atoms with Crippen molar-refractivity contribution in [1.82, 2.24) is 19.8 Å². The summed E-state index contributed by atoms with van der Waals surface area (Å²) < 4.78 is 2.64. The van der Waals surface area contributed by atoms with Crippen molar-refractivity contribution in [3.63, 3.8) is 0 Å². The molecule has 1 atom stereocenters. The average molecular weight is 401 g/mol. The van der Waals surface area contributed by atoms with E-state index in [0.29, 0.717) is 12.2 Å². The van der Waals surface area contributed by atoms with Gasteiger partial charge in [0.1, 0.15) is 12.1 Å². The van der Waals surface area contributed by atoms with Crippen molar-refractivity contribution in [3.8, 4) is 0 Å². The molecular formula is C17H17BrN6O. The summed E-state index contributed by atoms with van der Waals surface area (Å²) in [6.45, 7) is 1.55. The van der Waals surface area contributed by atoms with Crippen molar-refractivity contribution in [1.29, 1.82) is 0 Å². The highest BCUT2D eigenvalue weighted by atomic mass is 79.9. The van der Waals surface area contributed by atoms with E-state index in [2.05, 4.69) is 41.4 Å². The molecule has 7 nitrogen and oxygen atoms in total. The van der Waals surface area contributed by atoms with Crippen LogP contribution in [0.25, 0.3) is 5.65 Å². The van der Waals surface area contributed by atoms with Gasteiger partial charge in [0.25, 0.3) is 0 Å². The van der Waals surface area contributed by atoms with Crippen molar-refractivity contribution in [3.05, 3.63) is 47.2 Å². The van der Waals surface area contributed by atoms with Gasteiger partial charge in [0.2, 0.25) is 5.91 Å². The van der Waals surface area contributed by atoms with Crippen LogP contribution in [0.15, 0.2) is 47.2 Å². The molecule has 3 heterocycles. The average Bonchev–Trinajstić information content (AvgIpc) is 3.11. The molecule has 1 aliphatic heterocycles. The minimum absolute atomic E-state index is 0.0531. The van der Waals surface area contributed by atoms with Gasteiger partial charge in [0.15, 0.2) is 5.65 Å². The molecule has 4 rings (SSSR count). The maximum atomic E-state index is 12.6. The summed E-state index contributed by atoms with van der Waals surface area (Å²) in [7, 11) is 0. The second-order valence-electron chi connectivity index (χ2n) is 6.11. The Hall–Kier alpha value is -2.48. The molecule has 0 bridgehead atoms. The van der Waals surface area contributed by atoms with Crippen molar-refractivity contribution in [2.24, 2.45) is 5.92 Å². The van der Waals surface area contributed by atoms with Crippen LogP contribution >= 0.6 is 15.9 Å². The molecule has 25 heavy (non-hydrogen) atoms. The number of fused-ring (bicyclic) bond motifs is 1. The fourth-order valence-electron chi connectivity index (χ4n) is 3.06. The number of halogens is 1. The van der Waals surface area contributed by atoms with Crippen LogP contribution in [0.4, 0.5) is 11.5 Å². The van der Waals surface area contributed by atoms with Crippen LogP contribution in [0.3, 0.4) is 0 Å². The van der Waals surface area contributed by atoms with Crippen LogP contribution in [0.1, 0.15) is 12.8 Å². The summed E-state index contributed by atoms with van der Waals surface area (Å²) >= 11 is 3.40. The topological polar surface area (TPSA) is 75.4 Å². The molecule has 0 unspecified atom stereocenters. The number of carbonyl (C=O) groups is 1. The van der Waals surface area contributed by atoms with Gasteiger partial charge >= 0.3 is 0 Å². The third-order valence-electron chi connectivity index (χ3n) is 4.38. The van der Waals surface area contributed by atoms with E-state index in [9.17, 15) is 4.79 Å². The van der Waals surface area contributed by atoms with E-state index in [1.807, 2.05) is 36.4 Å². The smallest absolute Gasteiger partial charge is 0.229 e. The fraction of sp³-hybridized carbons (Fsp3) is 0.294. The molecule has 1 N–H and O–H groups in total. The summed E-state index contributed by atoms with van der Waals surface area (Å²) in [5.41, 5.74) is 1.53. The number of carbonyl (C=O) groups excluding carboxylic acids is 1. The number of hydrogen-bond donors (Lipinski definition) is 1. The molecule has 0 spiro atoms. The summed E-state index contributed by atoms with van der Waals surface area (Å²) in [6, 6.07) is 11.4. The van der Waals surface area contributed by atoms with Gasteiger partial charge in [-0.15, -0.1) is 15.3 Å². The van der Waals surface area contributed by atoms with Crippen molar-refractivity contribution < 1.29 is 4.79 Å². The predicted octanol–water partition coefficient (Wildman–Crippen LogP) is 2.74. The van der Waals surface area contributed by atoms with Gasteiger partial charge in [-0.3, -0.25) is 4.79 Å². The Balaban J connectivity index is 1.46. The quantitative estimate of drug-likeness (QED) is 0.731. The highest BCUT2D eigenvalue weighted by Gasteiger charge is 2.26. The maximum Gasteiger partial charge on any atom is 0.229 e. The molecule has 0 saturated carbocycles. The Morgan fingerprint density at radius 3 is 2.88 bits per heavy atom. The first-order chi connectivity index (χ1) is 12.2. The highest BCUT2D eigenvalue weighted by molar-refractivity contribution is 9.10. The Kier molecular flexibility index (Phi) is 4.35. The van der Waals surface area contributed by atoms with E-state index in [1.165, 1.54) is 0 Å². The molecule has 2 aromatic heterocycles. The Morgan fingerprint density at radius 2 is 2.04 bits per heavy atom. The summed E-state index contributed by atoms with van der Waals surface area (Å²) in [5, 5.41) is 15.3. The van der Waals surface area contributed by atoms with Gasteiger partial charge in [-0.05, 0) is 49.2 Å². The van der Waals surface area contributed by atoms with Gasteiger partial charge in [0.05, 0.1) is 5.92 Å². The number of rotatable bonds is 3. The summed E-state index contributed by atoms with van der Waals surface area (Å²) in [5.74, 6) is 0.835. The lowest BCUT2D eigenvalue weighted by molar-refractivity contribution is -0.120. The molecule has 1 fully saturated rings. The Labute approximate surface area is 153 Å². The van der Waals surface area contributed by atoms with E-state index in [0.717, 1.165) is 35.4 Å². The van der Waals surface area contributed by atoms with Gasteiger partial charge in [-0.25, -0.2) is 0 Å². The van der Waals surface area contributed by atoms with Crippen LogP contribution in [0.5, 0.6) is 0 Å². The van der Waals surface area contributed by atoms with Crippen LogP contribution in [0.2, 0.25) is 0 Å². The summed E-state index contributed by atoms with van der Waals surface area (Å²) in [6.07, 6.45) is 3.43. The zero-order valence-electron chi connectivity index (χ0n) is 13.5. The molecule has 1 amide bonds. The maximum absolute atomic E-state index is 12.6. The van der Waals surface area contributed by atoms with Crippen molar-refractivity contribution in [2.45, 2.75) is 12.8 Å². The third-order valence-corrected chi connectivity index (χ3v) is 4.90. The minimum Gasteiger partial charge on any atom is -0.354 e. The first kappa shape index (κ1) is 16.0. The van der Waals surface area contributed by atoms with Crippen LogP contribution in [-0.2, 0) is 4.79 Å². The van der Waals surface area contributed by atoms with E-state index < -0.39 is 0 Å². The number of hydrogen-bond acceptors (Lipinski definition) is 5. The lowest BCUT2D eigenvalue weighted by atomic mass is 9.97. The lowest BCUT2D eigenvalue weighted by Crippen LogP contribution is -2.41. The molecule has 1 aromatic carbocycles. The molecule has 3 aromatic rings. The second-order valence-corrected chi connectivity index (χ2v) is 7.02. The van der Waals surface area contributed by atoms with Gasteiger partial charge in [-0.1, -0.05) is 15.9 Å². The van der Waals surface area contributed by atoms with E-state index in [-0.39, 0.29) is 11.8 Å². The highest BCUT2D eigenvalue weighted by Crippen LogP contribution is 2.23. The minimum atomic E-state index is -0.0594. The standard InChI is InChI=1S/C17H17BrN6O/c18-13-3-5-14(6-4-13)20-17(25)12-2-1-9-23(10-12)16-8-7-15-21-19-11-24(15)22-16/h3-8,11-12H,1-2,9-10H2,(H,20,25)/t12-/m0/s1. The molecular weight excluding hydrogens is 384 g/mol. The number of amides is 1. The molecule has 1 aliphatic rings. The number of nitrogens with one attached hydrogen (secondary N) is 1. The molecule has 1 saturated heterocycles. The van der Waals surface area contributed by atoms with Gasteiger partial charge in [0, 0.05) is 23.2 Å². The zero-order chi connectivity index (χ0) is 17.2. The predicted molar refractivity (Wildman–Crippen MR) is 98.5 cm³/mol. The van der Waals surface area contributed by atoms with Crippen molar-refractivity contribution in [2.75, 3.05) is 23.3 Å². The lowest BCUT2D eigenvalue weighted by Gasteiger charge is -2.32. The van der Waals surface area contributed by atoms with Crippen LogP contribution < -0.4 is 10.2 Å². The number of benzene rings is 1. The van der Waals surface area contributed by atoms with Gasteiger partial charge < -0.3 is 10.2 Å². The molecule has 0 aliphatic carbocycles. The zero-order valence-corrected chi connectivity index (χ0v) is 15.1. The molecule has 128 valence electrons. The number of nitrogens with zero attached hydrogens (tertiary/aromatic N) is 5. The first-order valence-electron chi connectivity index (χ1n) is 8.17. The van der Waals surface area contributed by atoms with Crippen LogP contribution in [-0.4, -0.2) is 38.8 Å². The normalized spacial score (nSPS) is 17.6. The Bertz CT molecular complexity index is 894. The van der Waals surface area contributed by atoms with Crippen LogP contribution in [0, 0.1) is 5.92 Å². The van der Waals surface area contributed by atoms with E-state index >= 15 is 0 Å². The van der Waals surface area contributed by atoms with E-state index in [1.54, 1.807) is 10.8 Å². The fourth-order valence-corrected chi connectivity index (χ4v) is 3.33. The SMILES string of the molecule is O=C(Nc1ccc(Br)cc1)[C@H]1CCCN(c2ccc3nncn3n2)C1. The number of anilines is 2. The summed E-state index contributed by atoms with van der Waals surface area (Å²) in [4.78, 5) is 14.8. The number of piperidine rings is 1. The second kappa shape index (κ2) is 6.79. The molecule has 0 radical (unpaired) electrons.